The minimum absolute atomic E-state index is 0.241. The van der Waals surface area contributed by atoms with Gasteiger partial charge in [-0.3, -0.25) is 9.78 Å². The van der Waals surface area contributed by atoms with Crippen LogP contribution in [0.15, 0.2) is 42.7 Å². The summed E-state index contributed by atoms with van der Waals surface area (Å²) in [4.78, 5) is 26.5. The predicted molar refractivity (Wildman–Crippen MR) is 78.7 cm³/mol. The zero-order chi connectivity index (χ0) is 15.2. The van der Waals surface area contributed by atoms with Gasteiger partial charge in [-0.2, -0.15) is 0 Å². The Labute approximate surface area is 126 Å². The van der Waals surface area contributed by atoms with E-state index in [0.717, 1.165) is 5.56 Å². The number of halogens is 1. The van der Waals surface area contributed by atoms with Crippen LogP contribution in [-0.2, 0) is 6.42 Å². The Balaban J connectivity index is 1.88. The summed E-state index contributed by atoms with van der Waals surface area (Å²) >= 11 is 5.91. The van der Waals surface area contributed by atoms with Gasteiger partial charge in [0, 0.05) is 18.9 Å². The van der Waals surface area contributed by atoms with Crippen molar-refractivity contribution in [1.82, 2.24) is 10.3 Å². The third-order valence-corrected chi connectivity index (χ3v) is 3.24. The van der Waals surface area contributed by atoms with E-state index in [9.17, 15) is 9.59 Å². The number of nitrogens with zero attached hydrogens (tertiary/aromatic N) is 1. The molecule has 6 heteroatoms. The van der Waals surface area contributed by atoms with Gasteiger partial charge in [-0.25, -0.2) is 4.79 Å². The van der Waals surface area contributed by atoms with Gasteiger partial charge in [0.05, 0.1) is 16.1 Å². The van der Waals surface area contributed by atoms with Crippen LogP contribution in [0.25, 0.3) is 0 Å². The van der Waals surface area contributed by atoms with Gasteiger partial charge in [-0.05, 0) is 30.2 Å². The zero-order valence-electron chi connectivity index (χ0n) is 11.0. The van der Waals surface area contributed by atoms with Gasteiger partial charge in [-0.1, -0.05) is 23.7 Å². The molecule has 2 N–H and O–H groups in total. The largest absolute Gasteiger partial charge is 0.478 e. The summed E-state index contributed by atoms with van der Waals surface area (Å²) in [6.45, 7) is 0.427. The summed E-state index contributed by atoms with van der Waals surface area (Å²) in [6, 6.07) is 8.09. The molecule has 0 aliphatic rings. The molecule has 1 heterocycles. The summed E-state index contributed by atoms with van der Waals surface area (Å²) in [7, 11) is 0. The molecule has 0 aliphatic carbocycles. The molecule has 0 saturated carbocycles. The van der Waals surface area contributed by atoms with Crippen LogP contribution in [0.3, 0.4) is 0 Å². The van der Waals surface area contributed by atoms with Crippen LogP contribution in [0, 0.1) is 0 Å². The molecule has 0 radical (unpaired) electrons. The van der Waals surface area contributed by atoms with Crippen LogP contribution in [0.4, 0.5) is 0 Å². The summed E-state index contributed by atoms with van der Waals surface area (Å²) in [6.07, 6.45) is 3.53. The summed E-state index contributed by atoms with van der Waals surface area (Å²) in [5, 5.41) is 11.9. The van der Waals surface area contributed by atoms with Gasteiger partial charge in [-0.15, -0.1) is 0 Å². The number of pyridine rings is 1. The first-order valence-electron chi connectivity index (χ1n) is 6.28. The molecule has 1 aromatic carbocycles. The van der Waals surface area contributed by atoms with E-state index >= 15 is 0 Å². The van der Waals surface area contributed by atoms with Crippen molar-refractivity contribution in [3.63, 3.8) is 0 Å². The van der Waals surface area contributed by atoms with E-state index in [0.29, 0.717) is 23.6 Å². The maximum absolute atomic E-state index is 11.9. The molecule has 108 valence electrons. The highest BCUT2D eigenvalue weighted by Gasteiger charge is 2.09. The number of nitrogens with one attached hydrogen (secondary N) is 1. The van der Waals surface area contributed by atoms with Crippen molar-refractivity contribution in [2.24, 2.45) is 0 Å². The summed E-state index contributed by atoms with van der Waals surface area (Å²) < 4.78 is 0. The standard InChI is InChI=1S/C15H13ClN2O3/c16-13-6-7-17-9-12(13)14(19)18-8-5-10-1-3-11(4-2-10)15(20)21/h1-4,6-7,9H,5,8H2,(H,18,19)(H,20,21). The average molecular weight is 305 g/mol. The molecule has 0 bridgehead atoms. The van der Waals surface area contributed by atoms with Crippen molar-refractivity contribution in [2.45, 2.75) is 6.42 Å². The van der Waals surface area contributed by atoms with Gasteiger partial charge >= 0.3 is 5.97 Å². The van der Waals surface area contributed by atoms with Crippen molar-refractivity contribution in [1.29, 1.82) is 0 Å². The fraction of sp³-hybridized carbons (Fsp3) is 0.133. The fourth-order valence-corrected chi connectivity index (χ4v) is 1.97. The lowest BCUT2D eigenvalue weighted by molar-refractivity contribution is 0.0696. The number of carbonyl (C=O) groups is 2. The van der Waals surface area contributed by atoms with Crippen molar-refractivity contribution in [3.8, 4) is 0 Å². The van der Waals surface area contributed by atoms with E-state index in [1.54, 1.807) is 18.2 Å². The Hall–Kier alpha value is -2.40. The van der Waals surface area contributed by atoms with E-state index in [4.69, 9.17) is 16.7 Å². The third-order valence-electron chi connectivity index (χ3n) is 2.91. The SMILES string of the molecule is O=C(O)c1ccc(CCNC(=O)c2cnccc2Cl)cc1. The molecule has 1 amide bonds. The van der Waals surface area contributed by atoms with Crippen LogP contribution >= 0.6 is 11.6 Å². The minimum Gasteiger partial charge on any atom is -0.478 e. The normalized spacial score (nSPS) is 10.1. The average Bonchev–Trinajstić information content (AvgIpc) is 2.48. The molecule has 0 atom stereocenters. The highest BCUT2D eigenvalue weighted by molar-refractivity contribution is 6.33. The van der Waals surface area contributed by atoms with Gasteiger partial charge < -0.3 is 10.4 Å². The van der Waals surface area contributed by atoms with Gasteiger partial charge in [0.25, 0.3) is 5.91 Å². The molecule has 0 spiro atoms. The number of carbonyl (C=O) groups excluding carboxylic acids is 1. The Morgan fingerprint density at radius 1 is 1.19 bits per heavy atom. The molecular formula is C15H13ClN2O3. The Bertz CT molecular complexity index is 656. The van der Waals surface area contributed by atoms with Crippen molar-refractivity contribution >= 4 is 23.5 Å². The molecule has 21 heavy (non-hydrogen) atoms. The van der Waals surface area contributed by atoms with Crippen molar-refractivity contribution in [2.75, 3.05) is 6.54 Å². The molecule has 2 rings (SSSR count). The lowest BCUT2D eigenvalue weighted by Gasteiger charge is -2.06. The van der Waals surface area contributed by atoms with Crippen LogP contribution in [-0.4, -0.2) is 28.5 Å². The lowest BCUT2D eigenvalue weighted by atomic mass is 10.1. The second-order valence-corrected chi connectivity index (χ2v) is 4.77. The summed E-state index contributed by atoms with van der Waals surface area (Å²) in [5.74, 6) is -1.24. The molecule has 0 saturated heterocycles. The number of carboxylic acid groups (broad SMARTS) is 1. The lowest BCUT2D eigenvalue weighted by Crippen LogP contribution is -2.26. The number of benzene rings is 1. The minimum atomic E-state index is -0.957. The molecular weight excluding hydrogens is 292 g/mol. The van der Waals surface area contributed by atoms with Crippen LogP contribution < -0.4 is 5.32 Å². The maximum atomic E-state index is 11.9. The number of carboxylic acids is 1. The zero-order valence-corrected chi connectivity index (χ0v) is 11.8. The fourth-order valence-electron chi connectivity index (χ4n) is 1.77. The molecule has 0 aliphatic heterocycles. The van der Waals surface area contributed by atoms with Gasteiger partial charge in [0.15, 0.2) is 0 Å². The van der Waals surface area contributed by atoms with Crippen molar-refractivity contribution in [3.05, 3.63) is 64.4 Å². The van der Waals surface area contributed by atoms with E-state index in [1.165, 1.54) is 24.5 Å². The number of aromatic carboxylic acids is 1. The Kier molecular flexibility index (Phi) is 4.90. The highest BCUT2D eigenvalue weighted by atomic mass is 35.5. The maximum Gasteiger partial charge on any atom is 0.335 e. The second kappa shape index (κ2) is 6.85. The number of aromatic nitrogens is 1. The molecule has 0 unspecified atom stereocenters. The summed E-state index contributed by atoms with van der Waals surface area (Å²) in [5.41, 5.74) is 1.52. The van der Waals surface area contributed by atoms with Crippen LogP contribution in [0.2, 0.25) is 5.02 Å². The number of rotatable bonds is 5. The van der Waals surface area contributed by atoms with E-state index in [-0.39, 0.29) is 11.5 Å². The van der Waals surface area contributed by atoms with E-state index in [2.05, 4.69) is 10.3 Å². The molecule has 0 fully saturated rings. The van der Waals surface area contributed by atoms with Gasteiger partial charge in [0.2, 0.25) is 0 Å². The molecule has 5 nitrogen and oxygen atoms in total. The van der Waals surface area contributed by atoms with E-state index in [1.807, 2.05) is 0 Å². The monoisotopic (exact) mass is 304 g/mol. The second-order valence-electron chi connectivity index (χ2n) is 4.36. The van der Waals surface area contributed by atoms with Crippen molar-refractivity contribution < 1.29 is 14.7 Å². The predicted octanol–water partition coefficient (Wildman–Crippen LogP) is 2.41. The number of hydrogen-bond acceptors (Lipinski definition) is 3. The van der Waals surface area contributed by atoms with E-state index < -0.39 is 5.97 Å². The Morgan fingerprint density at radius 2 is 1.90 bits per heavy atom. The quantitative estimate of drug-likeness (QED) is 0.889. The number of amides is 1. The van der Waals surface area contributed by atoms with Gasteiger partial charge in [0.1, 0.15) is 0 Å². The topological polar surface area (TPSA) is 79.3 Å². The smallest absolute Gasteiger partial charge is 0.335 e. The first kappa shape index (κ1) is 15.0. The Morgan fingerprint density at radius 3 is 2.52 bits per heavy atom. The highest BCUT2D eigenvalue weighted by Crippen LogP contribution is 2.13. The first-order valence-corrected chi connectivity index (χ1v) is 6.65. The van der Waals surface area contributed by atoms with Crippen LogP contribution in [0.1, 0.15) is 26.3 Å². The van der Waals surface area contributed by atoms with Crippen LogP contribution in [0.5, 0.6) is 0 Å². The molecule has 2 aromatic rings. The first-order chi connectivity index (χ1) is 10.1. The number of hydrogen-bond donors (Lipinski definition) is 2. The third kappa shape index (κ3) is 4.03. The molecule has 1 aromatic heterocycles.